The lowest BCUT2D eigenvalue weighted by Crippen LogP contribution is -2.33. The molecule has 0 aliphatic rings. The molecule has 0 unspecified atom stereocenters. The van der Waals surface area contributed by atoms with Crippen molar-refractivity contribution in [3.05, 3.63) is 120 Å². The summed E-state index contributed by atoms with van der Waals surface area (Å²) < 4.78 is 5.19. The Kier molecular flexibility index (Phi) is 9.03. The molecule has 0 saturated heterocycles. The number of benzene rings is 3. The first-order valence-electron chi connectivity index (χ1n) is 12.5. The number of nitrogens with one attached hydrogen (secondary N) is 1. The number of carbonyl (C=O) groups excluding carboxylic acids is 2. The number of pyridine rings is 1. The van der Waals surface area contributed by atoms with Gasteiger partial charge >= 0.3 is 5.97 Å². The molecule has 0 saturated carbocycles. The number of rotatable bonds is 11. The summed E-state index contributed by atoms with van der Waals surface area (Å²) in [6, 6.07) is 25.2. The molecule has 198 valence electrons. The molecule has 39 heavy (non-hydrogen) atoms. The molecule has 1 heterocycles. The average molecular weight is 524 g/mol. The number of methoxy groups -OCH3 is 1. The normalized spacial score (nSPS) is 10.5. The standard InChI is InChI=1S/C31H29N3O5/c1-39-24-14-12-22(13-15-24)20-33-30(37)27-10-4-2-8-25(27)26-9-3-5-11-28(26)31(38)34(18-16-29(35)36)21-23-7-6-17-32-19-23/h2-15,17,19H,16,18,20-21H2,1H3,(H,33,37)(H,35,36). The van der Waals surface area contributed by atoms with Crippen molar-refractivity contribution in [3.8, 4) is 16.9 Å². The SMILES string of the molecule is COc1ccc(CNC(=O)c2ccccc2-c2ccccc2C(=O)N(CCC(=O)O)Cc2cccnc2)cc1. The Morgan fingerprint density at radius 3 is 2.15 bits per heavy atom. The van der Waals surface area contributed by atoms with Crippen molar-refractivity contribution in [3.63, 3.8) is 0 Å². The first kappa shape index (κ1) is 27.1. The number of hydrogen-bond acceptors (Lipinski definition) is 5. The summed E-state index contributed by atoms with van der Waals surface area (Å²) in [4.78, 5) is 44.0. The Bertz CT molecular complexity index is 1440. The van der Waals surface area contributed by atoms with Crippen LogP contribution in [-0.4, -0.2) is 46.4 Å². The van der Waals surface area contributed by atoms with Gasteiger partial charge in [-0.15, -0.1) is 0 Å². The first-order valence-corrected chi connectivity index (χ1v) is 12.5. The lowest BCUT2D eigenvalue weighted by molar-refractivity contribution is -0.137. The number of hydrogen-bond donors (Lipinski definition) is 2. The Morgan fingerprint density at radius 1 is 0.846 bits per heavy atom. The van der Waals surface area contributed by atoms with E-state index < -0.39 is 5.97 Å². The molecule has 2 amide bonds. The lowest BCUT2D eigenvalue weighted by atomic mass is 9.94. The van der Waals surface area contributed by atoms with E-state index in [1.165, 1.54) is 4.90 Å². The predicted molar refractivity (Wildman–Crippen MR) is 147 cm³/mol. The van der Waals surface area contributed by atoms with Crippen molar-refractivity contribution in [1.29, 1.82) is 0 Å². The summed E-state index contributed by atoms with van der Waals surface area (Å²) in [5.74, 6) is -0.866. The number of aromatic nitrogens is 1. The largest absolute Gasteiger partial charge is 0.497 e. The summed E-state index contributed by atoms with van der Waals surface area (Å²) in [5.41, 5.74) is 3.70. The van der Waals surface area contributed by atoms with Crippen LogP contribution in [-0.2, 0) is 17.9 Å². The minimum Gasteiger partial charge on any atom is -0.497 e. The van der Waals surface area contributed by atoms with Crippen molar-refractivity contribution in [2.24, 2.45) is 0 Å². The highest BCUT2D eigenvalue weighted by Gasteiger charge is 2.23. The zero-order chi connectivity index (χ0) is 27.6. The van der Waals surface area contributed by atoms with Gasteiger partial charge in [0, 0.05) is 43.2 Å². The first-order chi connectivity index (χ1) is 19.0. The van der Waals surface area contributed by atoms with E-state index in [0.29, 0.717) is 28.8 Å². The van der Waals surface area contributed by atoms with E-state index in [1.54, 1.807) is 68.0 Å². The van der Waals surface area contributed by atoms with Gasteiger partial charge in [-0.05, 0) is 52.6 Å². The van der Waals surface area contributed by atoms with Gasteiger partial charge in [-0.2, -0.15) is 0 Å². The highest BCUT2D eigenvalue weighted by atomic mass is 16.5. The van der Waals surface area contributed by atoms with E-state index in [1.807, 2.05) is 36.4 Å². The number of nitrogens with zero attached hydrogens (tertiary/aromatic N) is 2. The van der Waals surface area contributed by atoms with Crippen LogP contribution in [0.1, 0.15) is 38.3 Å². The highest BCUT2D eigenvalue weighted by Crippen LogP contribution is 2.29. The number of amides is 2. The van der Waals surface area contributed by atoms with Crippen LogP contribution in [0.5, 0.6) is 5.75 Å². The van der Waals surface area contributed by atoms with Crippen molar-refractivity contribution in [2.75, 3.05) is 13.7 Å². The summed E-state index contributed by atoms with van der Waals surface area (Å²) in [7, 11) is 1.60. The van der Waals surface area contributed by atoms with Crippen LogP contribution in [0.4, 0.5) is 0 Å². The van der Waals surface area contributed by atoms with Crippen LogP contribution in [0.2, 0.25) is 0 Å². The predicted octanol–water partition coefficient (Wildman–Crippen LogP) is 4.80. The maximum absolute atomic E-state index is 13.8. The fraction of sp³-hybridized carbons (Fsp3) is 0.161. The van der Waals surface area contributed by atoms with Gasteiger partial charge in [-0.3, -0.25) is 19.4 Å². The summed E-state index contributed by atoms with van der Waals surface area (Å²) in [6.07, 6.45) is 3.09. The van der Waals surface area contributed by atoms with Gasteiger partial charge in [0.05, 0.1) is 13.5 Å². The Hall–Kier alpha value is -4.98. The number of carbonyl (C=O) groups is 3. The molecule has 0 spiro atoms. The van der Waals surface area contributed by atoms with Gasteiger partial charge in [0.15, 0.2) is 0 Å². The second-order valence-electron chi connectivity index (χ2n) is 8.85. The molecule has 1 aromatic heterocycles. The van der Waals surface area contributed by atoms with Crippen molar-refractivity contribution in [1.82, 2.24) is 15.2 Å². The Labute approximate surface area is 226 Å². The van der Waals surface area contributed by atoms with Gasteiger partial charge in [0.25, 0.3) is 11.8 Å². The fourth-order valence-electron chi connectivity index (χ4n) is 4.21. The van der Waals surface area contributed by atoms with E-state index in [9.17, 15) is 19.5 Å². The minimum atomic E-state index is -0.994. The molecule has 0 bridgehead atoms. The van der Waals surface area contributed by atoms with Crippen LogP contribution in [0, 0.1) is 0 Å². The van der Waals surface area contributed by atoms with E-state index in [4.69, 9.17) is 4.74 Å². The zero-order valence-electron chi connectivity index (χ0n) is 21.5. The van der Waals surface area contributed by atoms with Gasteiger partial charge in [-0.25, -0.2) is 0 Å². The molecule has 8 nitrogen and oxygen atoms in total. The molecule has 2 N–H and O–H groups in total. The number of ether oxygens (including phenoxy) is 1. The molecule has 0 atom stereocenters. The molecule has 0 fully saturated rings. The monoisotopic (exact) mass is 523 g/mol. The maximum atomic E-state index is 13.8. The van der Waals surface area contributed by atoms with Crippen LogP contribution >= 0.6 is 0 Å². The molecule has 4 aromatic rings. The highest BCUT2D eigenvalue weighted by molar-refractivity contribution is 6.06. The topological polar surface area (TPSA) is 109 Å². The van der Waals surface area contributed by atoms with Crippen LogP contribution < -0.4 is 10.1 Å². The molecule has 3 aromatic carbocycles. The summed E-state index contributed by atoms with van der Waals surface area (Å²) in [6.45, 7) is 0.561. The molecule has 4 rings (SSSR count). The van der Waals surface area contributed by atoms with Crippen molar-refractivity contribution in [2.45, 2.75) is 19.5 Å². The average Bonchev–Trinajstić information content (AvgIpc) is 2.98. The van der Waals surface area contributed by atoms with E-state index in [2.05, 4.69) is 10.3 Å². The van der Waals surface area contributed by atoms with Crippen molar-refractivity contribution >= 4 is 17.8 Å². The van der Waals surface area contributed by atoms with Crippen LogP contribution in [0.25, 0.3) is 11.1 Å². The van der Waals surface area contributed by atoms with E-state index >= 15 is 0 Å². The third-order valence-corrected chi connectivity index (χ3v) is 6.21. The summed E-state index contributed by atoms with van der Waals surface area (Å²) in [5, 5.41) is 12.2. The van der Waals surface area contributed by atoms with Gasteiger partial charge in [0.2, 0.25) is 0 Å². The molecule has 0 aliphatic heterocycles. The summed E-state index contributed by atoms with van der Waals surface area (Å²) >= 11 is 0. The second kappa shape index (κ2) is 13.0. The van der Waals surface area contributed by atoms with Gasteiger partial charge in [-0.1, -0.05) is 54.6 Å². The van der Waals surface area contributed by atoms with Crippen LogP contribution in [0.3, 0.4) is 0 Å². The van der Waals surface area contributed by atoms with E-state index in [-0.39, 0.29) is 31.3 Å². The number of aliphatic carboxylic acids is 1. The quantitative estimate of drug-likeness (QED) is 0.292. The Balaban J connectivity index is 1.61. The molecule has 8 heteroatoms. The maximum Gasteiger partial charge on any atom is 0.305 e. The molecular weight excluding hydrogens is 494 g/mol. The van der Waals surface area contributed by atoms with Gasteiger partial charge < -0.3 is 20.1 Å². The zero-order valence-corrected chi connectivity index (χ0v) is 21.5. The molecule has 0 aliphatic carbocycles. The Morgan fingerprint density at radius 2 is 1.51 bits per heavy atom. The lowest BCUT2D eigenvalue weighted by Gasteiger charge is -2.24. The van der Waals surface area contributed by atoms with Crippen molar-refractivity contribution < 1.29 is 24.2 Å². The fourth-order valence-corrected chi connectivity index (χ4v) is 4.21. The third kappa shape index (κ3) is 7.07. The van der Waals surface area contributed by atoms with Gasteiger partial charge in [0.1, 0.15) is 5.75 Å². The second-order valence-corrected chi connectivity index (χ2v) is 8.85. The molecule has 0 radical (unpaired) electrons. The number of carboxylic acids is 1. The minimum absolute atomic E-state index is 0.0292. The smallest absolute Gasteiger partial charge is 0.305 e. The number of carboxylic acid groups (broad SMARTS) is 1. The third-order valence-electron chi connectivity index (χ3n) is 6.21. The van der Waals surface area contributed by atoms with E-state index in [0.717, 1.165) is 16.9 Å². The molecular formula is C31H29N3O5. The van der Waals surface area contributed by atoms with Crippen LogP contribution in [0.15, 0.2) is 97.3 Å².